The first-order chi connectivity index (χ1) is 13.4. The van der Waals surface area contributed by atoms with E-state index < -0.39 is 30.5 Å². The molecule has 7 heteroatoms. The number of carbonyl (C=O) groups is 3. The zero-order chi connectivity index (χ0) is 20.3. The molecule has 1 amide bonds. The summed E-state index contributed by atoms with van der Waals surface area (Å²) in [5.41, 5.74) is 4.32. The molecule has 1 aliphatic rings. The lowest BCUT2D eigenvalue weighted by molar-refractivity contribution is -0.150. The fraction of sp³-hybridized carbons (Fsp3) is 0.286. The van der Waals surface area contributed by atoms with E-state index in [1.54, 1.807) is 0 Å². The number of fused-ring (bicyclic) bond motifs is 3. The van der Waals surface area contributed by atoms with E-state index in [0.29, 0.717) is 0 Å². The highest BCUT2D eigenvalue weighted by Gasteiger charge is 2.33. The van der Waals surface area contributed by atoms with Crippen molar-refractivity contribution >= 4 is 18.0 Å². The van der Waals surface area contributed by atoms with Crippen LogP contribution in [0.15, 0.2) is 48.5 Å². The Hall–Kier alpha value is -3.35. The first kappa shape index (κ1) is 19.4. The van der Waals surface area contributed by atoms with Gasteiger partial charge in [0.05, 0.1) is 13.5 Å². The van der Waals surface area contributed by atoms with Crippen molar-refractivity contribution < 1.29 is 29.0 Å². The van der Waals surface area contributed by atoms with E-state index in [1.807, 2.05) is 48.5 Å². The second-order valence-corrected chi connectivity index (χ2v) is 6.55. The van der Waals surface area contributed by atoms with Gasteiger partial charge < -0.3 is 14.6 Å². The van der Waals surface area contributed by atoms with Gasteiger partial charge in [0.1, 0.15) is 12.6 Å². The van der Waals surface area contributed by atoms with E-state index in [9.17, 15) is 19.5 Å². The fourth-order valence-corrected chi connectivity index (χ4v) is 3.45. The molecule has 0 radical (unpaired) electrons. The van der Waals surface area contributed by atoms with Crippen molar-refractivity contribution in [1.29, 1.82) is 0 Å². The topological polar surface area (TPSA) is 93.1 Å². The number of rotatable bonds is 6. The van der Waals surface area contributed by atoms with Crippen LogP contribution in [0.25, 0.3) is 11.1 Å². The molecule has 7 nitrogen and oxygen atoms in total. The Morgan fingerprint density at radius 1 is 1.04 bits per heavy atom. The molecule has 1 aliphatic carbocycles. The van der Waals surface area contributed by atoms with E-state index in [1.165, 1.54) is 7.05 Å². The summed E-state index contributed by atoms with van der Waals surface area (Å²) in [5, 5.41) is 9.32. The van der Waals surface area contributed by atoms with Crippen molar-refractivity contribution in [3.8, 4) is 11.1 Å². The lowest BCUT2D eigenvalue weighted by Gasteiger charge is -2.24. The lowest BCUT2D eigenvalue weighted by Crippen LogP contribution is -2.44. The highest BCUT2D eigenvalue weighted by molar-refractivity contribution is 5.85. The molecule has 1 N–H and O–H groups in total. The van der Waals surface area contributed by atoms with Crippen LogP contribution in [-0.2, 0) is 19.1 Å². The van der Waals surface area contributed by atoms with Gasteiger partial charge in [-0.2, -0.15) is 0 Å². The van der Waals surface area contributed by atoms with E-state index in [4.69, 9.17) is 4.74 Å². The molecule has 0 heterocycles. The summed E-state index contributed by atoms with van der Waals surface area (Å²) in [6.07, 6.45) is -1.26. The molecular formula is C21H21NO6. The van der Waals surface area contributed by atoms with Crippen LogP contribution in [0.3, 0.4) is 0 Å². The Bertz CT molecular complexity index is 864. The lowest BCUT2D eigenvalue weighted by atomic mass is 9.98. The molecule has 0 fully saturated rings. The van der Waals surface area contributed by atoms with Crippen molar-refractivity contribution in [2.45, 2.75) is 18.4 Å². The van der Waals surface area contributed by atoms with Crippen LogP contribution in [-0.4, -0.2) is 54.8 Å². The number of likely N-dealkylation sites (N-methyl/N-ethyl adjacent to an activating group) is 1. The van der Waals surface area contributed by atoms with E-state index in [-0.39, 0.29) is 12.5 Å². The zero-order valence-electron chi connectivity index (χ0n) is 15.6. The fourth-order valence-electron chi connectivity index (χ4n) is 3.45. The van der Waals surface area contributed by atoms with Gasteiger partial charge >= 0.3 is 18.0 Å². The second kappa shape index (κ2) is 8.12. The molecule has 0 aromatic heterocycles. The number of aliphatic carboxylic acids is 1. The van der Waals surface area contributed by atoms with Crippen LogP contribution in [0.4, 0.5) is 4.79 Å². The van der Waals surface area contributed by atoms with Gasteiger partial charge in [-0.1, -0.05) is 48.5 Å². The Kier molecular flexibility index (Phi) is 5.63. The first-order valence-corrected chi connectivity index (χ1v) is 8.81. The SMILES string of the molecule is COC(=O)C[C@@H](C(=O)O)N(C)C(=O)OCC1c2ccccc2-c2ccccc21. The molecule has 0 unspecified atom stereocenters. The molecule has 0 bridgehead atoms. The van der Waals surface area contributed by atoms with Gasteiger partial charge in [-0.05, 0) is 22.3 Å². The average Bonchev–Trinajstić information content (AvgIpc) is 3.03. The van der Waals surface area contributed by atoms with Gasteiger partial charge in [-0.3, -0.25) is 9.69 Å². The molecule has 0 aliphatic heterocycles. The zero-order valence-corrected chi connectivity index (χ0v) is 15.6. The van der Waals surface area contributed by atoms with Crippen LogP contribution in [0, 0.1) is 0 Å². The normalized spacial score (nSPS) is 13.2. The number of ether oxygens (including phenoxy) is 2. The van der Waals surface area contributed by atoms with Crippen LogP contribution < -0.4 is 0 Å². The van der Waals surface area contributed by atoms with Crippen LogP contribution in [0.2, 0.25) is 0 Å². The van der Waals surface area contributed by atoms with Crippen LogP contribution in [0.5, 0.6) is 0 Å². The summed E-state index contributed by atoms with van der Waals surface area (Å²) >= 11 is 0. The van der Waals surface area contributed by atoms with Crippen LogP contribution >= 0.6 is 0 Å². The van der Waals surface area contributed by atoms with Gasteiger partial charge in [0.25, 0.3) is 0 Å². The minimum absolute atomic E-state index is 0.0712. The molecule has 2 aromatic carbocycles. The summed E-state index contributed by atoms with van der Waals surface area (Å²) < 4.78 is 9.92. The maximum Gasteiger partial charge on any atom is 0.410 e. The number of carboxylic acid groups (broad SMARTS) is 1. The third-order valence-electron chi connectivity index (χ3n) is 4.96. The highest BCUT2D eigenvalue weighted by atomic mass is 16.6. The first-order valence-electron chi connectivity index (χ1n) is 8.81. The number of hydrogen-bond donors (Lipinski definition) is 1. The molecule has 0 spiro atoms. The Labute approximate surface area is 162 Å². The molecule has 28 heavy (non-hydrogen) atoms. The Morgan fingerprint density at radius 2 is 1.57 bits per heavy atom. The number of carboxylic acids is 1. The summed E-state index contributed by atoms with van der Waals surface area (Å²) in [6.45, 7) is 0.0712. The van der Waals surface area contributed by atoms with Gasteiger partial charge in [0.2, 0.25) is 0 Å². The summed E-state index contributed by atoms with van der Waals surface area (Å²) in [5.74, 6) is -2.15. The molecule has 3 rings (SSSR count). The van der Waals surface area contributed by atoms with Crippen molar-refractivity contribution in [2.75, 3.05) is 20.8 Å². The van der Waals surface area contributed by atoms with E-state index in [0.717, 1.165) is 34.3 Å². The number of nitrogens with zero attached hydrogens (tertiary/aromatic N) is 1. The summed E-state index contributed by atoms with van der Waals surface area (Å²) in [7, 11) is 2.45. The van der Waals surface area contributed by atoms with Gasteiger partial charge in [-0.15, -0.1) is 0 Å². The number of benzene rings is 2. The molecule has 2 aromatic rings. The van der Waals surface area contributed by atoms with E-state index in [2.05, 4.69) is 4.74 Å². The van der Waals surface area contributed by atoms with Crippen molar-refractivity contribution in [3.05, 3.63) is 59.7 Å². The highest BCUT2D eigenvalue weighted by Crippen LogP contribution is 2.44. The number of amides is 1. The maximum absolute atomic E-state index is 12.4. The van der Waals surface area contributed by atoms with Gasteiger partial charge in [0, 0.05) is 13.0 Å². The smallest absolute Gasteiger partial charge is 0.410 e. The summed E-state index contributed by atoms with van der Waals surface area (Å²) in [6, 6.07) is 14.5. The maximum atomic E-state index is 12.4. The van der Waals surface area contributed by atoms with Gasteiger partial charge in [-0.25, -0.2) is 9.59 Å². The average molecular weight is 383 g/mol. The van der Waals surface area contributed by atoms with Crippen molar-refractivity contribution in [1.82, 2.24) is 4.90 Å². The minimum Gasteiger partial charge on any atom is -0.480 e. The molecular weight excluding hydrogens is 362 g/mol. The molecule has 146 valence electrons. The van der Waals surface area contributed by atoms with Crippen molar-refractivity contribution in [2.24, 2.45) is 0 Å². The number of hydrogen-bond acceptors (Lipinski definition) is 5. The Balaban J connectivity index is 1.74. The molecule has 1 atom stereocenters. The monoisotopic (exact) mass is 383 g/mol. The number of carbonyl (C=O) groups excluding carboxylic acids is 2. The third-order valence-corrected chi connectivity index (χ3v) is 4.96. The number of methoxy groups -OCH3 is 1. The molecule has 0 saturated carbocycles. The van der Waals surface area contributed by atoms with E-state index >= 15 is 0 Å². The van der Waals surface area contributed by atoms with Crippen molar-refractivity contribution in [3.63, 3.8) is 0 Å². The predicted octanol–water partition coefficient (Wildman–Crippen LogP) is 2.88. The number of esters is 1. The largest absolute Gasteiger partial charge is 0.480 e. The third kappa shape index (κ3) is 3.69. The molecule has 0 saturated heterocycles. The summed E-state index contributed by atoms with van der Waals surface area (Å²) in [4.78, 5) is 36.2. The standard InChI is InChI=1S/C21H21NO6/c1-22(18(20(24)25)11-19(23)27-2)21(26)28-12-17-15-9-5-3-7-13(15)14-8-4-6-10-16(14)17/h3-10,17-18H,11-12H2,1-2H3,(H,24,25)/t18-/m0/s1. The second-order valence-electron chi connectivity index (χ2n) is 6.55. The van der Waals surface area contributed by atoms with Crippen LogP contribution in [0.1, 0.15) is 23.5 Å². The Morgan fingerprint density at radius 3 is 2.07 bits per heavy atom. The quantitative estimate of drug-likeness (QED) is 0.771. The van der Waals surface area contributed by atoms with Gasteiger partial charge in [0.15, 0.2) is 0 Å². The predicted molar refractivity (Wildman–Crippen MR) is 101 cm³/mol. The minimum atomic E-state index is -1.36.